The average molecular weight is 1470 g/mol. The molecule has 0 spiro atoms. The number of aromatic nitrogens is 4. The molecule has 496 valence electrons. The lowest BCUT2D eigenvalue weighted by atomic mass is 9.62. The molecule has 7 nitrogen and oxygen atoms in total. The molecule has 1 N–H and O–H groups in total. The Kier molecular flexibility index (Phi) is 17.6. The van der Waals surface area contributed by atoms with E-state index in [0.717, 1.165) is 65.8 Å². The van der Waals surface area contributed by atoms with Gasteiger partial charge in [0.15, 0.2) is 0 Å². The number of fused-ring (bicyclic) bond motifs is 6. The molecule has 7 heterocycles. The second kappa shape index (κ2) is 28.2. The van der Waals surface area contributed by atoms with Gasteiger partial charge in [-0.3, -0.25) is 19.9 Å². The molecule has 104 heavy (non-hydrogen) atoms. The van der Waals surface area contributed by atoms with Crippen molar-refractivity contribution in [2.45, 2.75) is 16.2 Å². The van der Waals surface area contributed by atoms with Gasteiger partial charge in [0, 0.05) is 32.7 Å². The van der Waals surface area contributed by atoms with Crippen molar-refractivity contribution < 1.29 is 0 Å². The van der Waals surface area contributed by atoms with E-state index in [4.69, 9.17) is 9.97 Å². The summed E-state index contributed by atoms with van der Waals surface area (Å²) in [6, 6.07) is 134. The maximum Gasteiger partial charge on any atom is 0.0887 e. The lowest BCUT2D eigenvalue weighted by Gasteiger charge is -2.46. The highest BCUT2D eigenvalue weighted by atomic mass is 79.9. The molecule has 0 fully saturated rings. The van der Waals surface area contributed by atoms with Crippen molar-refractivity contribution in [3.05, 3.63) is 477 Å². The molecule has 3 aliphatic rings. The highest BCUT2D eigenvalue weighted by Crippen LogP contribution is 2.60. The van der Waals surface area contributed by atoms with Gasteiger partial charge in [-0.15, -0.1) is 0 Å². The first-order chi connectivity index (χ1) is 51.4. The van der Waals surface area contributed by atoms with Gasteiger partial charge in [-0.25, -0.2) is 0 Å². The Labute approximate surface area is 623 Å². The van der Waals surface area contributed by atoms with E-state index in [-0.39, 0.29) is 5.41 Å². The third-order valence-electron chi connectivity index (χ3n) is 20.4. The summed E-state index contributed by atoms with van der Waals surface area (Å²) in [7, 11) is 0. The van der Waals surface area contributed by atoms with E-state index in [1.807, 2.05) is 36.7 Å². The van der Waals surface area contributed by atoms with Crippen molar-refractivity contribution in [1.82, 2.24) is 19.9 Å². The predicted octanol–water partition coefficient (Wildman–Crippen LogP) is 24.3. The van der Waals surface area contributed by atoms with E-state index < -0.39 is 10.8 Å². The molecule has 9 heteroatoms. The minimum atomic E-state index is -0.523. The first kappa shape index (κ1) is 64.9. The van der Waals surface area contributed by atoms with Crippen molar-refractivity contribution in [2.75, 3.05) is 15.1 Å². The molecule has 0 atom stereocenters. The van der Waals surface area contributed by atoms with Crippen molar-refractivity contribution in [3.8, 4) is 22.8 Å². The maximum atomic E-state index is 5.11. The number of halogens is 2. The number of benzene rings is 12. The Morgan fingerprint density at radius 2 is 0.433 bits per heavy atom. The summed E-state index contributed by atoms with van der Waals surface area (Å²) in [6.07, 6.45) is 7.50. The summed E-state index contributed by atoms with van der Waals surface area (Å²) >= 11 is 6.68. The molecular formula is C95H67Br2N7. The Balaban J connectivity index is 0.000000162. The lowest BCUT2D eigenvalue weighted by Crippen LogP contribution is -2.37. The van der Waals surface area contributed by atoms with Gasteiger partial charge in [-0.1, -0.05) is 291 Å². The molecule has 0 aliphatic carbocycles. The molecule has 0 saturated heterocycles. The normalized spacial score (nSPS) is 13.6. The van der Waals surface area contributed by atoms with Crippen LogP contribution in [-0.4, -0.2) is 19.9 Å². The maximum absolute atomic E-state index is 5.11. The monoisotopic (exact) mass is 1460 g/mol. The number of nitrogens with one attached hydrogen (secondary N) is 1. The van der Waals surface area contributed by atoms with Gasteiger partial charge in [0.25, 0.3) is 0 Å². The van der Waals surface area contributed by atoms with Crippen LogP contribution >= 0.6 is 31.9 Å². The topological polar surface area (TPSA) is 70.1 Å². The first-order valence-corrected chi connectivity index (χ1v) is 36.5. The van der Waals surface area contributed by atoms with Crippen LogP contribution in [0, 0.1) is 0 Å². The number of pyridine rings is 4. The molecule has 0 unspecified atom stereocenters. The average Bonchev–Trinajstić information content (AvgIpc) is 0.685. The molecular weight excluding hydrogens is 1400 g/mol. The van der Waals surface area contributed by atoms with Gasteiger partial charge in [-0.05, 0) is 184 Å². The van der Waals surface area contributed by atoms with E-state index >= 15 is 0 Å². The van der Waals surface area contributed by atoms with E-state index in [1.54, 1.807) is 12.4 Å². The van der Waals surface area contributed by atoms with Gasteiger partial charge < -0.3 is 15.1 Å². The Morgan fingerprint density at radius 1 is 0.212 bits per heavy atom. The summed E-state index contributed by atoms with van der Waals surface area (Å²) < 4.78 is 1.94. The highest BCUT2D eigenvalue weighted by molar-refractivity contribution is 9.10. The molecule has 0 bridgehead atoms. The Hall–Kier alpha value is -12.4. The first-order valence-electron chi connectivity index (χ1n) is 34.9. The Bertz CT molecular complexity index is 5130. The SMILES string of the molecule is Brc1ccc(-c2ccc(Br)cn2)nc1.c1ccc(C2(c3ccccc3)c3ccccc3N(c3ccc(-c4ccc(N5c6ccccc6C(c6ccccc6)(c6ccccc6)c6ccccc65)cn4)nc3)c3ccccc32)cc1.c1ccc(C2(c3ccccc3)c3ccccc3Nc3ccccc32)cc1. The van der Waals surface area contributed by atoms with E-state index in [9.17, 15) is 0 Å². The Morgan fingerprint density at radius 3 is 0.683 bits per heavy atom. The van der Waals surface area contributed by atoms with Crippen molar-refractivity contribution in [3.63, 3.8) is 0 Å². The number of hydrogen-bond acceptors (Lipinski definition) is 7. The van der Waals surface area contributed by atoms with E-state index in [0.29, 0.717) is 0 Å². The second-order valence-electron chi connectivity index (χ2n) is 25.9. The summed E-state index contributed by atoms with van der Waals surface area (Å²) in [5.74, 6) is 0. The molecule has 3 aliphatic heterocycles. The zero-order chi connectivity index (χ0) is 69.9. The number of anilines is 8. The van der Waals surface area contributed by atoms with Crippen molar-refractivity contribution in [1.29, 1.82) is 0 Å². The van der Waals surface area contributed by atoms with Crippen LogP contribution in [0.5, 0.6) is 0 Å². The van der Waals surface area contributed by atoms with Crippen molar-refractivity contribution in [2.24, 2.45) is 0 Å². The quantitative estimate of drug-likeness (QED) is 0.146. The van der Waals surface area contributed by atoms with Crippen LogP contribution in [0.4, 0.5) is 45.5 Å². The zero-order valence-electron chi connectivity index (χ0n) is 56.5. The van der Waals surface area contributed by atoms with Crippen LogP contribution < -0.4 is 15.1 Å². The van der Waals surface area contributed by atoms with Gasteiger partial charge in [-0.2, -0.15) is 0 Å². The standard InChI is InChI=1S/C60H42N4.C25H19N.C10H6Br2N2/c1-5-21-43(22-6-1)59(44-23-7-2-8-24-44)49-29-13-17-33-55(49)63(56-34-18-14-30-50(56)59)47-37-39-53(61-41-47)54-40-38-48(42-62-54)64-57-35-19-15-31-51(57)60(45-25-9-3-10-26-45,46-27-11-4-12-28-46)52-32-16-20-36-58(52)64;1-3-11-19(12-4-1)25(20-13-5-2-6-14-20)21-15-7-9-17-23(21)26-24-18-10-8-16-22(24)25;11-7-1-3-9(13-5-7)10-4-2-8(12)6-14-10/h1-42H;1-18,26H;1-6H. The van der Waals surface area contributed by atoms with Gasteiger partial charge in [0.2, 0.25) is 0 Å². The van der Waals surface area contributed by atoms with Crippen LogP contribution in [0.15, 0.2) is 410 Å². The van der Waals surface area contributed by atoms with Crippen LogP contribution in [-0.2, 0) is 16.2 Å². The van der Waals surface area contributed by atoms with Gasteiger partial charge in [0.05, 0.1) is 85.5 Å². The second-order valence-corrected chi connectivity index (χ2v) is 27.8. The van der Waals surface area contributed by atoms with Gasteiger partial charge in [0.1, 0.15) is 0 Å². The van der Waals surface area contributed by atoms with Crippen LogP contribution in [0.25, 0.3) is 22.8 Å². The van der Waals surface area contributed by atoms with Crippen LogP contribution in [0.2, 0.25) is 0 Å². The fraction of sp³-hybridized carbons (Fsp3) is 0.0316. The predicted molar refractivity (Wildman–Crippen MR) is 431 cm³/mol. The van der Waals surface area contributed by atoms with Crippen LogP contribution in [0.3, 0.4) is 0 Å². The molecule has 0 amide bonds. The number of nitrogens with zero attached hydrogens (tertiary/aromatic N) is 6. The minimum Gasteiger partial charge on any atom is -0.355 e. The number of rotatable bonds is 10. The summed E-state index contributed by atoms with van der Waals surface area (Å²) in [5, 5.41) is 3.63. The molecule has 12 aromatic carbocycles. The number of para-hydroxylation sites is 6. The summed E-state index contributed by atoms with van der Waals surface area (Å²) in [4.78, 5) is 23.4. The fourth-order valence-corrected chi connectivity index (χ4v) is 16.5. The third kappa shape index (κ3) is 11.3. The molecule has 16 aromatic rings. The molecule has 19 rings (SSSR count). The smallest absolute Gasteiger partial charge is 0.0887 e. The zero-order valence-corrected chi connectivity index (χ0v) is 59.7. The fourth-order valence-electron chi connectivity index (χ4n) is 16.1. The van der Waals surface area contributed by atoms with Crippen LogP contribution in [0.1, 0.15) is 66.8 Å². The molecule has 0 saturated carbocycles. The lowest BCUT2D eigenvalue weighted by molar-refractivity contribution is 0.731. The van der Waals surface area contributed by atoms with Gasteiger partial charge >= 0.3 is 0 Å². The molecule has 0 radical (unpaired) electrons. The van der Waals surface area contributed by atoms with E-state index in [2.05, 4.69) is 409 Å². The highest BCUT2D eigenvalue weighted by Gasteiger charge is 2.49. The largest absolute Gasteiger partial charge is 0.355 e. The molecule has 4 aromatic heterocycles. The minimum absolute atomic E-state index is 0.332. The number of hydrogen-bond donors (Lipinski definition) is 1. The summed E-state index contributed by atoms with van der Waals surface area (Å²) in [5.41, 5.74) is 25.7. The summed E-state index contributed by atoms with van der Waals surface area (Å²) in [6.45, 7) is 0. The van der Waals surface area contributed by atoms with E-state index in [1.165, 1.54) is 78.1 Å². The third-order valence-corrected chi connectivity index (χ3v) is 21.3. The van der Waals surface area contributed by atoms with Crippen molar-refractivity contribution >= 4 is 77.4 Å².